The molecule has 0 bridgehead atoms. The first-order valence-corrected chi connectivity index (χ1v) is 6.34. The van der Waals surface area contributed by atoms with Crippen molar-refractivity contribution in [3.05, 3.63) is 28.8 Å². The number of benzene rings is 1. The molecule has 1 aromatic rings. The summed E-state index contributed by atoms with van der Waals surface area (Å²) in [5.41, 5.74) is 6.63. The molecule has 104 valence electrons. The summed E-state index contributed by atoms with van der Waals surface area (Å²) in [5, 5.41) is 0.447. The molecular formula is C13H17ClN2O3. The highest BCUT2D eigenvalue weighted by Crippen LogP contribution is 2.23. The van der Waals surface area contributed by atoms with E-state index >= 15 is 0 Å². The Kier molecular flexibility index (Phi) is 4.29. The Balaban J connectivity index is 2.14. The number of amides is 1. The quantitative estimate of drug-likeness (QED) is 0.853. The predicted molar refractivity (Wildman–Crippen MR) is 73.4 cm³/mol. The van der Waals surface area contributed by atoms with Crippen molar-refractivity contribution < 1.29 is 14.3 Å². The van der Waals surface area contributed by atoms with Gasteiger partial charge in [-0.1, -0.05) is 11.6 Å². The minimum absolute atomic E-state index is 0.0926. The van der Waals surface area contributed by atoms with Gasteiger partial charge in [-0.3, -0.25) is 4.79 Å². The average Bonchev–Trinajstić information content (AvgIpc) is 2.84. The lowest BCUT2D eigenvalue weighted by molar-refractivity contribution is -0.00461. The Hall–Kier alpha value is -1.30. The number of anilines is 1. The molecule has 0 saturated carbocycles. The van der Waals surface area contributed by atoms with Crippen LogP contribution in [-0.4, -0.2) is 50.3 Å². The van der Waals surface area contributed by atoms with Crippen molar-refractivity contribution in [3.8, 4) is 0 Å². The SMILES string of the molecule is COC1CN(C(=O)c2ccc(Cl)c(N)c2)CC1OC. The minimum Gasteiger partial charge on any atom is -0.398 e. The number of hydrogen-bond acceptors (Lipinski definition) is 4. The smallest absolute Gasteiger partial charge is 0.254 e. The fourth-order valence-corrected chi connectivity index (χ4v) is 2.34. The summed E-state index contributed by atoms with van der Waals surface area (Å²) in [4.78, 5) is 14.0. The normalized spacial score (nSPS) is 22.8. The van der Waals surface area contributed by atoms with Gasteiger partial charge in [-0.25, -0.2) is 0 Å². The molecule has 1 heterocycles. The van der Waals surface area contributed by atoms with Crippen molar-refractivity contribution in [2.45, 2.75) is 12.2 Å². The van der Waals surface area contributed by atoms with Crippen LogP contribution in [0.15, 0.2) is 18.2 Å². The largest absolute Gasteiger partial charge is 0.398 e. The molecule has 1 fully saturated rings. The molecule has 2 rings (SSSR count). The lowest BCUT2D eigenvalue weighted by atomic mass is 10.2. The molecule has 19 heavy (non-hydrogen) atoms. The maximum atomic E-state index is 12.3. The molecule has 1 saturated heterocycles. The zero-order valence-electron chi connectivity index (χ0n) is 10.9. The third kappa shape index (κ3) is 2.83. The predicted octanol–water partition coefficient (Wildman–Crippen LogP) is 1.41. The zero-order valence-corrected chi connectivity index (χ0v) is 11.7. The topological polar surface area (TPSA) is 64.8 Å². The Bertz CT molecular complexity index is 469. The Labute approximate surface area is 117 Å². The number of nitrogens with two attached hydrogens (primary N) is 1. The first-order chi connectivity index (χ1) is 9.06. The van der Waals surface area contributed by atoms with Gasteiger partial charge in [0, 0.05) is 32.9 Å². The number of ether oxygens (including phenoxy) is 2. The van der Waals surface area contributed by atoms with Gasteiger partial charge in [-0.05, 0) is 18.2 Å². The lowest BCUT2D eigenvalue weighted by Crippen LogP contribution is -2.30. The molecule has 0 aliphatic carbocycles. The van der Waals surface area contributed by atoms with Crippen LogP contribution in [0, 0.1) is 0 Å². The third-order valence-electron chi connectivity index (χ3n) is 3.35. The van der Waals surface area contributed by atoms with Gasteiger partial charge in [0.15, 0.2) is 0 Å². The van der Waals surface area contributed by atoms with E-state index in [0.29, 0.717) is 29.4 Å². The number of nitrogens with zero attached hydrogens (tertiary/aromatic N) is 1. The van der Waals surface area contributed by atoms with Crippen molar-refractivity contribution >= 4 is 23.2 Å². The van der Waals surface area contributed by atoms with Crippen molar-refractivity contribution in [1.29, 1.82) is 0 Å². The second-order valence-corrected chi connectivity index (χ2v) is 4.90. The van der Waals surface area contributed by atoms with Gasteiger partial charge in [-0.15, -0.1) is 0 Å². The van der Waals surface area contributed by atoms with Crippen LogP contribution in [0.4, 0.5) is 5.69 Å². The molecular weight excluding hydrogens is 268 g/mol. The number of carbonyl (C=O) groups is 1. The van der Waals surface area contributed by atoms with Gasteiger partial charge < -0.3 is 20.1 Å². The van der Waals surface area contributed by atoms with Crippen LogP contribution in [0.25, 0.3) is 0 Å². The van der Waals surface area contributed by atoms with E-state index in [1.54, 1.807) is 37.3 Å². The highest BCUT2D eigenvalue weighted by molar-refractivity contribution is 6.33. The standard InChI is InChI=1S/C13H17ClN2O3/c1-18-11-6-16(7-12(11)19-2)13(17)8-3-4-9(14)10(15)5-8/h3-5,11-12H,6-7,15H2,1-2H3. The van der Waals surface area contributed by atoms with Crippen LogP contribution in [0.2, 0.25) is 5.02 Å². The first kappa shape index (κ1) is 14.1. The Morgan fingerprint density at radius 2 is 1.89 bits per heavy atom. The van der Waals surface area contributed by atoms with Gasteiger partial charge in [0.05, 0.1) is 10.7 Å². The summed E-state index contributed by atoms with van der Waals surface area (Å²) < 4.78 is 10.6. The van der Waals surface area contributed by atoms with Crippen molar-refractivity contribution in [1.82, 2.24) is 4.90 Å². The molecule has 0 aromatic heterocycles. The second-order valence-electron chi connectivity index (χ2n) is 4.49. The van der Waals surface area contributed by atoms with Gasteiger partial charge in [0.25, 0.3) is 5.91 Å². The third-order valence-corrected chi connectivity index (χ3v) is 3.70. The average molecular weight is 285 g/mol. The Morgan fingerprint density at radius 3 is 2.37 bits per heavy atom. The molecule has 2 unspecified atom stereocenters. The number of methoxy groups -OCH3 is 2. The number of carbonyl (C=O) groups excluding carboxylic acids is 1. The number of rotatable bonds is 3. The van der Waals surface area contributed by atoms with Crippen molar-refractivity contribution in [2.24, 2.45) is 0 Å². The van der Waals surface area contributed by atoms with Crippen molar-refractivity contribution in [2.75, 3.05) is 33.0 Å². The maximum absolute atomic E-state index is 12.3. The van der Waals surface area contributed by atoms with Crippen LogP contribution < -0.4 is 5.73 Å². The van der Waals surface area contributed by atoms with Crippen LogP contribution in [-0.2, 0) is 9.47 Å². The summed E-state index contributed by atoms with van der Waals surface area (Å²) >= 11 is 5.85. The van der Waals surface area contributed by atoms with Gasteiger partial charge in [-0.2, -0.15) is 0 Å². The van der Waals surface area contributed by atoms with Crippen molar-refractivity contribution in [3.63, 3.8) is 0 Å². The fraction of sp³-hybridized carbons (Fsp3) is 0.462. The number of halogens is 1. The molecule has 2 atom stereocenters. The molecule has 0 radical (unpaired) electrons. The first-order valence-electron chi connectivity index (χ1n) is 5.96. The van der Waals surface area contributed by atoms with Gasteiger partial charge >= 0.3 is 0 Å². The maximum Gasteiger partial charge on any atom is 0.254 e. The van der Waals surface area contributed by atoms with E-state index in [2.05, 4.69) is 0 Å². The van der Waals surface area contributed by atoms with E-state index in [1.807, 2.05) is 0 Å². The highest BCUT2D eigenvalue weighted by Gasteiger charge is 2.35. The van der Waals surface area contributed by atoms with Crippen LogP contribution >= 0.6 is 11.6 Å². The minimum atomic E-state index is -0.0985. The number of hydrogen-bond donors (Lipinski definition) is 1. The highest BCUT2D eigenvalue weighted by atomic mass is 35.5. The van der Waals surface area contributed by atoms with Crippen LogP contribution in [0.1, 0.15) is 10.4 Å². The van der Waals surface area contributed by atoms with Gasteiger partial charge in [0.1, 0.15) is 12.2 Å². The van der Waals surface area contributed by atoms with E-state index in [9.17, 15) is 4.79 Å². The van der Waals surface area contributed by atoms with E-state index in [-0.39, 0.29) is 18.1 Å². The van der Waals surface area contributed by atoms with Crippen LogP contribution in [0.3, 0.4) is 0 Å². The molecule has 6 heteroatoms. The fourth-order valence-electron chi connectivity index (χ4n) is 2.22. The van der Waals surface area contributed by atoms with E-state index in [4.69, 9.17) is 26.8 Å². The number of likely N-dealkylation sites (tertiary alicyclic amines) is 1. The molecule has 0 spiro atoms. The van der Waals surface area contributed by atoms with Gasteiger partial charge in [0.2, 0.25) is 0 Å². The van der Waals surface area contributed by atoms with E-state index in [0.717, 1.165) is 0 Å². The molecule has 5 nitrogen and oxygen atoms in total. The summed E-state index contributed by atoms with van der Waals surface area (Å²) in [6.07, 6.45) is -0.197. The molecule has 1 amide bonds. The summed E-state index contributed by atoms with van der Waals surface area (Å²) in [5.74, 6) is -0.0926. The zero-order chi connectivity index (χ0) is 14.0. The number of nitrogen functional groups attached to an aromatic ring is 1. The lowest BCUT2D eigenvalue weighted by Gasteiger charge is -2.16. The summed E-state index contributed by atoms with van der Waals surface area (Å²) in [7, 11) is 3.23. The second kappa shape index (κ2) is 5.77. The molecule has 1 aliphatic heterocycles. The van der Waals surface area contributed by atoms with Crippen LogP contribution in [0.5, 0.6) is 0 Å². The van der Waals surface area contributed by atoms with E-state index < -0.39 is 0 Å². The summed E-state index contributed by atoms with van der Waals surface area (Å²) in [6, 6.07) is 4.89. The molecule has 1 aromatic carbocycles. The summed E-state index contributed by atoms with van der Waals surface area (Å²) in [6.45, 7) is 1.02. The molecule has 1 aliphatic rings. The molecule has 2 N–H and O–H groups in total. The van der Waals surface area contributed by atoms with E-state index in [1.165, 1.54) is 0 Å². The monoisotopic (exact) mass is 284 g/mol. The Morgan fingerprint density at radius 1 is 1.32 bits per heavy atom.